The average Bonchev–Trinajstić information content (AvgIpc) is 2.82. The molecule has 0 spiro atoms. The zero-order valence-electron chi connectivity index (χ0n) is 11.1. The lowest BCUT2D eigenvalue weighted by Crippen LogP contribution is -2.19. The smallest absolute Gasteiger partial charge is 0.335 e. The summed E-state index contributed by atoms with van der Waals surface area (Å²) in [7, 11) is 0. The fourth-order valence-electron chi connectivity index (χ4n) is 2.02. The Morgan fingerprint density at radius 1 is 0.905 bits per heavy atom. The Morgan fingerprint density at radius 3 is 2.00 bits per heavy atom. The monoisotopic (exact) mass is 290 g/mol. The van der Waals surface area contributed by atoms with Gasteiger partial charge in [-0.25, -0.2) is 4.79 Å². The first-order valence-corrected chi connectivity index (χ1v) is 6.44. The van der Waals surface area contributed by atoms with Gasteiger partial charge in [-0.3, -0.25) is 19.7 Å². The van der Waals surface area contributed by atoms with Gasteiger partial charge in [0.05, 0.1) is 5.56 Å². The molecule has 0 aromatic heterocycles. The minimum absolute atomic E-state index is 0.0134. The molecule has 2 aliphatic heterocycles. The molecule has 0 saturated carbocycles. The van der Waals surface area contributed by atoms with E-state index >= 15 is 0 Å². The molecule has 3 amide bonds. The lowest BCUT2D eigenvalue weighted by atomic mass is 10.0. The molecule has 0 bridgehead atoms. The van der Waals surface area contributed by atoms with E-state index < -0.39 is 5.97 Å². The van der Waals surface area contributed by atoms with Crippen LogP contribution in [0.15, 0.2) is 18.2 Å². The van der Waals surface area contributed by atoms with Gasteiger partial charge >= 0.3 is 5.97 Å². The molecule has 1 aromatic carbocycles. The highest BCUT2D eigenvalue weighted by Gasteiger charge is 2.16. The van der Waals surface area contributed by atoms with Crippen molar-refractivity contribution in [3.05, 3.63) is 29.3 Å². The molecule has 21 heavy (non-hydrogen) atoms. The summed E-state index contributed by atoms with van der Waals surface area (Å²) in [6.07, 6.45) is 1.79. The topological polar surface area (TPSA) is 113 Å². The number of hydrogen-bond donors (Lipinski definition) is 3. The molecule has 0 unspecified atom stereocenters. The minimum Gasteiger partial charge on any atom is -0.478 e. The Morgan fingerprint density at radius 2 is 1.48 bits per heavy atom. The summed E-state index contributed by atoms with van der Waals surface area (Å²) in [6.45, 7) is 0. The second-order valence-electron chi connectivity index (χ2n) is 4.70. The largest absolute Gasteiger partial charge is 0.478 e. The van der Waals surface area contributed by atoms with Crippen molar-refractivity contribution in [1.82, 2.24) is 5.32 Å². The zero-order valence-corrected chi connectivity index (χ0v) is 11.1. The maximum absolute atomic E-state index is 11.0. The van der Waals surface area contributed by atoms with Crippen LogP contribution in [-0.4, -0.2) is 28.8 Å². The maximum atomic E-state index is 11.0. The minimum atomic E-state index is -0.940. The number of hydrogen-bond acceptors (Lipinski definition) is 4. The molecular weight excluding hydrogens is 276 g/mol. The molecule has 0 radical (unpaired) electrons. The summed E-state index contributed by atoms with van der Waals surface area (Å²) in [5.74, 6) is -1.25. The van der Waals surface area contributed by atoms with Crippen molar-refractivity contribution in [3.63, 3.8) is 0 Å². The number of carbonyl (C=O) groups is 4. The summed E-state index contributed by atoms with van der Waals surface area (Å²) >= 11 is 0. The van der Waals surface area contributed by atoms with Crippen LogP contribution >= 0.6 is 0 Å². The molecule has 7 heteroatoms. The van der Waals surface area contributed by atoms with Gasteiger partial charge in [-0.2, -0.15) is 0 Å². The number of carboxylic acid groups (broad SMARTS) is 1. The fourth-order valence-corrected chi connectivity index (χ4v) is 2.02. The van der Waals surface area contributed by atoms with E-state index in [0.29, 0.717) is 25.7 Å². The standard InChI is InChI=1S/C10H9NO3.C4H5NO2/c12-9-4-2-6-5-7(10(13)14)1-3-8(6)11-9;6-3-1-2-4(7)5-3/h1,3,5H,2,4H2,(H,11,12)(H,13,14);1-2H2,(H,5,6,7). The van der Waals surface area contributed by atoms with Gasteiger partial charge in [-0.05, 0) is 30.2 Å². The number of benzene rings is 1. The van der Waals surface area contributed by atoms with Crippen LogP contribution in [0.1, 0.15) is 35.2 Å². The molecule has 0 aliphatic carbocycles. The van der Waals surface area contributed by atoms with Crippen LogP contribution in [0.25, 0.3) is 0 Å². The van der Waals surface area contributed by atoms with Gasteiger partial charge in [0.15, 0.2) is 0 Å². The van der Waals surface area contributed by atoms with Crippen molar-refractivity contribution in [3.8, 4) is 0 Å². The van der Waals surface area contributed by atoms with Gasteiger partial charge in [0, 0.05) is 24.9 Å². The number of aryl methyl sites for hydroxylation is 1. The van der Waals surface area contributed by atoms with E-state index in [4.69, 9.17) is 5.11 Å². The van der Waals surface area contributed by atoms with Crippen molar-refractivity contribution >= 4 is 29.4 Å². The van der Waals surface area contributed by atoms with E-state index in [9.17, 15) is 19.2 Å². The average molecular weight is 290 g/mol. The van der Waals surface area contributed by atoms with Crippen LogP contribution in [0.3, 0.4) is 0 Å². The summed E-state index contributed by atoms with van der Waals surface area (Å²) in [6, 6.07) is 4.74. The Hall–Kier alpha value is -2.70. The molecule has 7 nitrogen and oxygen atoms in total. The van der Waals surface area contributed by atoms with E-state index in [2.05, 4.69) is 10.6 Å². The lowest BCUT2D eigenvalue weighted by molar-refractivity contribution is -0.124. The number of carbonyl (C=O) groups excluding carboxylic acids is 3. The van der Waals surface area contributed by atoms with E-state index in [1.54, 1.807) is 12.1 Å². The molecule has 2 aliphatic rings. The molecule has 1 fully saturated rings. The van der Waals surface area contributed by atoms with E-state index in [-0.39, 0.29) is 23.3 Å². The van der Waals surface area contributed by atoms with Crippen molar-refractivity contribution < 1.29 is 24.3 Å². The SMILES string of the molecule is O=C1CCC(=O)N1.O=C1CCc2cc(C(=O)O)ccc2N1. The number of amides is 3. The van der Waals surface area contributed by atoms with Crippen LogP contribution in [0.4, 0.5) is 5.69 Å². The van der Waals surface area contributed by atoms with Crippen molar-refractivity contribution in [1.29, 1.82) is 0 Å². The highest BCUT2D eigenvalue weighted by Crippen LogP contribution is 2.23. The third-order valence-corrected chi connectivity index (χ3v) is 3.11. The summed E-state index contributed by atoms with van der Waals surface area (Å²) in [5, 5.41) is 13.6. The third-order valence-electron chi connectivity index (χ3n) is 3.11. The van der Waals surface area contributed by atoms with Crippen LogP contribution < -0.4 is 10.6 Å². The summed E-state index contributed by atoms with van der Waals surface area (Å²) in [4.78, 5) is 41.9. The molecular formula is C14H14N2O5. The fraction of sp³-hybridized carbons (Fsp3) is 0.286. The van der Waals surface area contributed by atoms with Crippen molar-refractivity contribution in [2.24, 2.45) is 0 Å². The molecule has 1 saturated heterocycles. The normalized spacial score (nSPS) is 16.3. The first-order chi connectivity index (χ1) is 9.95. The number of carboxylic acids is 1. The lowest BCUT2D eigenvalue weighted by Gasteiger charge is -2.16. The van der Waals surface area contributed by atoms with Crippen LogP contribution in [-0.2, 0) is 20.8 Å². The number of anilines is 1. The van der Waals surface area contributed by atoms with E-state index in [1.807, 2.05) is 0 Å². The quantitative estimate of drug-likeness (QED) is 0.659. The maximum Gasteiger partial charge on any atom is 0.335 e. The molecule has 110 valence electrons. The molecule has 0 atom stereocenters. The predicted octanol–water partition coefficient (Wildman–Crippen LogP) is 0.692. The second-order valence-corrected chi connectivity index (χ2v) is 4.70. The molecule has 2 heterocycles. The third kappa shape index (κ3) is 3.88. The second kappa shape index (κ2) is 6.17. The van der Waals surface area contributed by atoms with Gasteiger partial charge in [0.2, 0.25) is 17.7 Å². The molecule has 3 N–H and O–H groups in total. The Kier molecular flexibility index (Phi) is 4.32. The Bertz CT molecular complexity index is 610. The number of nitrogens with one attached hydrogen (secondary N) is 2. The zero-order chi connectivity index (χ0) is 15.4. The van der Waals surface area contributed by atoms with Crippen molar-refractivity contribution in [2.45, 2.75) is 25.7 Å². The van der Waals surface area contributed by atoms with Gasteiger partial charge in [-0.15, -0.1) is 0 Å². The summed E-state index contributed by atoms with van der Waals surface area (Å²) in [5.41, 5.74) is 1.88. The Labute approximate surface area is 120 Å². The van der Waals surface area contributed by atoms with Gasteiger partial charge in [0.1, 0.15) is 0 Å². The highest BCUT2D eigenvalue weighted by molar-refractivity contribution is 6.01. The molecule has 3 rings (SSSR count). The van der Waals surface area contributed by atoms with Gasteiger partial charge < -0.3 is 10.4 Å². The van der Waals surface area contributed by atoms with Crippen molar-refractivity contribution in [2.75, 3.05) is 5.32 Å². The highest BCUT2D eigenvalue weighted by atomic mass is 16.4. The van der Waals surface area contributed by atoms with E-state index in [0.717, 1.165) is 11.3 Å². The summed E-state index contributed by atoms with van der Waals surface area (Å²) < 4.78 is 0. The first-order valence-electron chi connectivity index (χ1n) is 6.44. The predicted molar refractivity (Wildman–Crippen MR) is 72.7 cm³/mol. The van der Waals surface area contributed by atoms with Crippen LogP contribution in [0.2, 0.25) is 0 Å². The molecule has 1 aromatic rings. The number of fused-ring (bicyclic) bond motifs is 1. The first kappa shape index (κ1) is 14.7. The Balaban J connectivity index is 0.000000194. The van der Waals surface area contributed by atoms with Gasteiger partial charge in [-0.1, -0.05) is 0 Å². The van der Waals surface area contributed by atoms with E-state index in [1.165, 1.54) is 6.07 Å². The van der Waals surface area contributed by atoms with Crippen LogP contribution in [0.5, 0.6) is 0 Å². The number of aromatic carboxylic acids is 1. The van der Waals surface area contributed by atoms with Crippen LogP contribution in [0, 0.1) is 0 Å². The number of rotatable bonds is 1. The number of imide groups is 1. The van der Waals surface area contributed by atoms with Gasteiger partial charge in [0.25, 0.3) is 0 Å².